The Morgan fingerprint density at radius 1 is 1.18 bits per heavy atom. The van der Waals surface area contributed by atoms with E-state index in [1.54, 1.807) is 11.6 Å². The van der Waals surface area contributed by atoms with Gasteiger partial charge in [-0.1, -0.05) is 37.3 Å². The standard InChI is InChI=1S/C22H24FN3O2/c1-2-21(27)17-13-20-19(14-18(17)23)24-22(28)26(20)25-10-8-16(9-11-25)12-15-6-4-3-5-7-15/h3-7,13-14,16H,2,8-12H2,1H3,(H,24,28). The summed E-state index contributed by atoms with van der Waals surface area (Å²) in [5.41, 5.74) is 2.06. The third-order valence-electron chi connectivity index (χ3n) is 5.61. The quantitative estimate of drug-likeness (QED) is 0.687. The minimum atomic E-state index is -0.589. The molecule has 0 amide bonds. The van der Waals surface area contributed by atoms with Crippen molar-refractivity contribution in [2.45, 2.75) is 32.6 Å². The monoisotopic (exact) mass is 381 g/mol. The van der Waals surface area contributed by atoms with E-state index in [1.165, 1.54) is 17.7 Å². The highest BCUT2D eigenvalue weighted by Gasteiger charge is 2.23. The number of Topliss-reactive ketones (excluding diaryl/α,β-unsaturated/α-hetero) is 1. The number of nitrogens with one attached hydrogen (secondary N) is 1. The van der Waals surface area contributed by atoms with Crippen LogP contribution in [-0.4, -0.2) is 28.5 Å². The molecular weight excluding hydrogens is 357 g/mol. The molecule has 1 saturated heterocycles. The lowest BCUT2D eigenvalue weighted by Crippen LogP contribution is -2.46. The molecule has 146 valence electrons. The lowest BCUT2D eigenvalue weighted by Gasteiger charge is -2.33. The fraction of sp³-hybridized carbons (Fsp3) is 0.364. The van der Waals surface area contributed by atoms with Gasteiger partial charge in [0.2, 0.25) is 0 Å². The second-order valence-electron chi connectivity index (χ2n) is 7.45. The third-order valence-corrected chi connectivity index (χ3v) is 5.61. The van der Waals surface area contributed by atoms with E-state index in [0.717, 1.165) is 32.4 Å². The fourth-order valence-corrected chi connectivity index (χ4v) is 4.07. The van der Waals surface area contributed by atoms with Crippen LogP contribution in [0.4, 0.5) is 4.39 Å². The Bertz CT molecular complexity index is 1050. The largest absolute Gasteiger partial charge is 0.345 e. The van der Waals surface area contributed by atoms with Crippen LogP contribution >= 0.6 is 0 Å². The Balaban J connectivity index is 1.57. The van der Waals surface area contributed by atoms with Gasteiger partial charge in [-0.15, -0.1) is 0 Å². The average molecular weight is 381 g/mol. The van der Waals surface area contributed by atoms with Gasteiger partial charge in [0.05, 0.1) is 16.6 Å². The number of carbonyl (C=O) groups is 1. The van der Waals surface area contributed by atoms with Gasteiger partial charge in [0.25, 0.3) is 0 Å². The first-order chi connectivity index (χ1) is 13.6. The number of nitrogens with zero attached hydrogens (tertiary/aromatic N) is 2. The topological polar surface area (TPSA) is 58.1 Å². The second kappa shape index (κ2) is 7.62. The summed E-state index contributed by atoms with van der Waals surface area (Å²) in [7, 11) is 0. The van der Waals surface area contributed by atoms with Gasteiger partial charge in [0.15, 0.2) is 5.78 Å². The number of aromatic nitrogens is 2. The van der Waals surface area contributed by atoms with E-state index in [-0.39, 0.29) is 23.5 Å². The molecule has 2 heterocycles. The zero-order valence-electron chi connectivity index (χ0n) is 16.0. The molecule has 0 saturated carbocycles. The minimum Gasteiger partial charge on any atom is -0.308 e. The Kier molecular flexibility index (Phi) is 5.03. The predicted octanol–water partition coefficient (Wildman–Crippen LogP) is 3.65. The molecule has 1 fully saturated rings. The molecule has 0 unspecified atom stereocenters. The molecule has 1 aliphatic rings. The van der Waals surface area contributed by atoms with Crippen LogP contribution in [0.3, 0.4) is 0 Å². The molecule has 1 N–H and O–H groups in total. The van der Waals surface area contributed by atoms with Crippen molar-refractivity contribution in [1.29, 1.82) is 0 Å². The summed E-state index contributed by atoms with van der Waals surface area (Å²) >= 11 is 0. The van der Waals surface area contributed by atoms with E-state index in [0.29, 0.717) is 17.0 Å². The second-order valence-corrected chi connectivity index (χ2v) is 7.45. The number of benzene rings is 2. The molecule has 1 aromatic heterocycles. The maximum Gasteiger partial charge on any atom is 0.345 e. The van der Waals surface area contributed by atoms with E-state index in [9.17, 15) is 14.0 Å². The van der Waals surface area contributed by atoms with Crippen LogP contribution in [0.2, 0.25) is 0 Å². The van der Waals surface area contributed by atoms with Crippen molar-refractivity contribution < 1.29 is 9.18 Å². The number of piperidine rings is 1. The van der Waals surface area contributed by atoms with Crippen LogP contribution in [-0.2, 0) is 6.42 Å². The first-order valence-electron chi connectivity index (χ1n) is 9.83. The minimum absolute atomic E-state index is 0.0433. The van der Waals surface area contributed by atoms with E-state index < -0.39 is 5.82 Å². The van der Waals surface area contributed by atoms with Crippen LogP contribution in [0.1, 0.15) is 42.1 Å². The number of hydrogen-bond acceptors (Lipinski definition) is 3. The van der Waals surface area contributed by atoms with Gasteiger partial charge in [0, 0.05) is 25.6 Å². The van der Waals surface area contributed by atoms with Crippen LogP contribution in [0.25, 0.3) is 11.0 Å². The zero-order chi connectivity index (χ0) is 19.7. The molecule has 0 spiro atoms. The molecule has 0 radical (unpaired) electrons. The van der Waals surface area contributed by atoms with E-state index in [4.69, 9.17) is 0 Å². The Morgan fingerprint density at radius 2 is 1.89 bits per heavy atom. The molecule has 0 aliphatic carbocycles. The average Bonchev–Trinajstić information content (AvgIpc) is 3.02. The highest BCUT2D eigenvalue weighted by atomic mass is 19.1. The van der Waals surface area contributed by atoms with Gasteiger partial charge in [-0.05, 0) is 36.8 Å². The zero-order valence-corrected chi connectivity index (χ0v) is 16.0. The smallest absolute Gasteiger partial charge is 0.308 e. The number of aromatic amines is 1. The van der Waals surface area contributed by atoms with Gasteiger partial charge in [0.1, 0.15) is 5.82 Å². The summed E-state index contributed by atoms with van der Waals surface area (Å²) in [5, 5.41) is 2.00. The maximum absolute atomic E-state index is 14.2. The molecule has 0 bridgehead atoms. The van der Waals surface area contributed by atoms with Gasteiger partial charge in [-0.2, -0.15) is 0 Å². The van der Waals surface area contributed by atoms with Crippen LogP contribution in [0.15, 0.2) is 47.3 Å². The molecule has 28 heavy (non-hydrogen) atoms. The molecule has 1 aliphatic heterocycles. The number of imidazole rings is 1. The molecule has 3 aromatic rings. The number of halogens is 1. The number of hydrogen-bond donors (Lipinski definition) is 1. The lowest BCUT2D eigenvalue weighted by molar-refractivity contribution is 0.0984. The summed E-state index contributed by atoms with van der Waals surface area (Å²) in [6.07, 6.45) is 3.23. The Morgan fingerprint density at radius 3 is 2.57 bits per heavy atom. The van der Waals surface area contributed by atoms with Crippen molar-refractivity contribution >= 4 is 16.8 Å². The van der Waals surface area contributed by atoms with Crippen LogP contribution in [0.5, 0.6) is 0 Å². The van der Waals surface area contributed by atoms with Gasteiger partial charge in [-0.25, -0.2) is 13.9 Å². The van der Waals surface area contributed by atoms with E-state index >= 15 is 0 Å². The van der Waals surface area contributed by atoms with Crippen molar-refractivity contribution in [1.82, 2.24) is 9.66 Å². The summed E-state index contributed by atoms with van der Waals surface area (Å²) in [5.74, 6) is -0.273. The molecule has 0 atom stereocenters. The predicted molar refractivity (Wildman–Crippen MR) is 108 cm³/mol. The summed E-state index contributed by atoms with van der Waals surface area (Å²) in [6, 6.07) is 13.2. The number of rotatable bonds is 5. The number of fused-ring (bicyclic) bond motifs is 1. The summed E-state index contributed by atoms with van der Waals surface area (Å²) < 4.78 is 15.8. The molecule has 6 heteroatoms. The summed E-state index contributed by atoms with van der Waals surface area (Å²) in [4.78, 5) is 27.3. The van der Waals surface area contributed by atoms with Crippen molar-refractivity contribution in [3.63, 3.8) is 0 Å². The summed E-state index contributed by atoms with van der Waals surface area (Å²) in [6.45, 7) is 3.20. The number of H-pyrrole nitrogens is 1. The first kappa shape index (κ1) is 18.5. The first-order valence-corrected chi connectivity index (χ1v) is 9.83. The van der Waals surface area contributed by atoms with Gasteiger partial charge in [-0.3, -0.25) is 4.79 Å². The SMILES string of the molecule is CCC(=O)c1cc2c(cc1F)[nH]c(=O)n2N1CCC(Cc2ccccc2)CC1. The van der Waals surface area contributed by atoms with E-state index in [1.807, 2.05) is 11.1 Å². The maximum atomic E-state index is 14.2. The Labute approximate surface area is 162 Å². The number of ketones is 1. The highest BCUT2D eigenvalue weighted by Crippen LogP contribution is 2.23. The van der Waals surface area contributed by atoms with Gasteiger partial charge >= 0.3 is 5.69 Å². The van der Waals surface area contributed by atoms with Crippen molar-refractivity contribution in [2.75, 3.05) is 18.1 Å². The van der Waals surface area contributed by atoms with Crippen molar-refractivity contribution in [3.8, 4) is 0 Å². The van der Waals surface area contributed by atoms with Gasteiger partial charge < -0.3 is 9.99 Å². The molecule has 4 rings (SSSR count). The number of carbonyl (C=O) groups excluding carboxylic acids is 1. The highest BCUT2D eigenvalue weighted by molar-refractivity contribution is 5.99. The Hall–Kier alpha value is -2.89. The normalized spacial score (nSPS) is 15.3. The molecule has 5 nitrogen and oxygen atoms in total. The van der Waals surface area contributed by atoms with Crippen LogP contribution in [0, 0.1) is 11.7 Å². The van der Waals surface area contributed by atoms with Crippen LogP contribution < -0.4 is 10.7 Å². The third kappa shape index (κ3) is 3.46. The molecule has 2 aromatic carbocycles. The fourth-order valence-electron chi connectivity index (χ4n) is 4.07. The van der Waals surface area contributed by atoms with E-state index in [2.05, 4.69) is 29.2 Å². The lowest BCUT2D eigenvalue weighted by atomic mass is 9.91. The van der Waals surface area contributed by atoms with Crippen molar-refractivity contribution in [2.24, 2.45) is 5.92 Å². The van der Waals surface area contributed by atoms with Crippen molar-refractivity contribution in [3.05, 3.63) is 69.9 Å². The molecular formula is C22H24FN3O2.